The number of thioether (sulfide) groups is 1. The molecule has 2 heterocycles. The lowest BCUT2D eigenvalue weighted by Crippen LogP contribution is -2.25. The van der Waals surface area contributed by atoms with Gasteiger partial charge in [-0.1, -0.05) is 0 Å². The third-order valence-electron chi connectivity index (χ3n) is 2.48. The van der Waals surface area contributed by atoms with E-state index in [1.54, 1.807) is 12.3 Å². The molecule has 0 saturated carbocycles. The molecule has 0 aliphatic carbocycles. The van der Waals surface area contributed by atoms with Gasteiger partial charge in [-0.05, 0) is 24.3 Å². The van der Waals surface area contributed by atoms with Crippen LogP contribution in [0.5, 0.6) is 0 Å². The second-order valence-corrected chi connectivity index (χ2v) is 4.74. The summed E-state index contributed by atoms with van der Waals surface area (Å²) >= 11 is 2.00. The second kappa shape index (κ2) is 5.16. The first-order chi connectivity index (χ1) is 7.40. The summed E-state index contributed by atoms with van der Waals surface area (Å²) in [4.78, 5) is 16.9. The number of aromatic nitrogens is 1. The van der Waals surface area contributed by atoms with Crippen LogP contribution in [0.4, 0.5) is 5.69 Å². The van der Waals surface area contributed by atoms with Crippen LogP contribution in [0.2, 0.25) is 0 Å². The van der Waals surface area contributed by atoms with Crippen LogP contribution in [-0.2, 0) is 0 Å². The first kappa shape index (κ1) is 10.5. The Balaban J connectivity index is 2.09. The van der Waals surface area contributed by atoms with Crippen LogP contribution in [0.25, 0.3) is 0 Å². The number of rotatable bonds is 2. The summed E-state index contributed by atoms with van der Waals surface area (Å²) in [6.45, 7) is 2.17. The topological polar surface area (TPSA) is 33.2 Å². The van der Waals surface area contributed by atoms with Crippen LogP contribution < -0.4 is 4.90 Å². The zero-order valence-electron chi connectivity index (χ0n) is 8.56. The van der Waals surface area contributed by atoms with Gasteiger partial charge in [0.05, 0.1) is 11.9 Å². The van der Waals surface area contributed by atoms with Gasteiger partial charge < -0.3 is 4.90 Å². The van der Waals surface area contributed by atoms with Crippen LogP contribution in [0.1, 0.15) is 16.9 Å². The van der Waals surface area contributed by atoms with E-state index in [-0.39, 0.29) is 0 Å². The second-order valence-electron chi connectivity index (χ2n) is 3.51. The molecule has 1 aromatic rings. The quantitative estimate of drug-likeness (QED) is 0.715. The molecule has 0 radical (unpaired) electrons. The van der Waals surface area contributed by atoms with Crippen LogP contribution in [0.3, 0.4) is 0 Å². The molecule has 1 aliphatic heterocycles. The van der Waals surface area contributed by atoms with Crippen molar-refractivity contribution in [2.75, 3.05) is 29.5 Å². The van der Waals surface area contributed by atoms with Crippen LogP contribution in [-0.4, -0.2) is 35.9 Å². The molecule has 15 heavy (non-hydrogen) atoms. The van der Waals surface area contributed by atoms with Crippen molar-refractivity contribution in [1.29, 1.82) is 0 Å². The molecular formula is C11H14N2OS. The average Bonchev–Trinajstić information content (AvgIpc) is 2.58. The monoisotopic (exact) mass is 222 g/mol. The van der Waals surface area contributed by atoms with E-state index in [0.717, 1.165) is 25.1 Å². The Hall–Kier alpha value is -1.03. The molecule has 1 fully saturated rings. The molecule has 1 aliphatic rings. The molecule has 0 amide bonds. The van der Waals surface area contributed by atoms with Crippen molar-refractivity contribution in [2.24, 2.45) is 0 Å². The van der Waals surface area contributed by atoms with Crippen molar-refractivity contribution in [3.8, 4) is 0 Å². The van der Waals surface area contributed by atoms with Crippen molar-refractivity contribution in [3.63, 3.8) is 0 Å². The Morgan fingerprint density at radius 3 is 3.00 bits per heavy atom. The Labute approximate surface area is 93.9 Å². The SMILES string of the molecule is O=Cc1ccc(N2CCCSCC2)cn1. The summed E-state index contributed by atoms with van der Waals surface area (Å²) in [5, 5.41) is 0. The molecule has 0 atom stereocenters. The average molecular weight is 222 g/mol. The van der Waals surface area contributed by atoms with E-state index in [1.165, 1.54) is 17.9 Å². The summed E-state index contributed by atoms with van der Waals surface area (Å²) in [6, 6.07) is 3.76. The van der Waals surface area contributed by atoms with Crippen molar-refractivity contribution in [2.45, 2.75) is 6.42 Å². The van der Waals surface area contributed by atoms with Gasteiger partial charge in [0.25, 0.3) is 0 Å². The molecule has 1 aromatic heterocycles. The minimum Gasteiger partial charge on any atom is -0.369 e. The molecule has 0 unspecified atom stereocenters. The number of hydrogen-bond acceptors (Lipinski definition) is 4. The molecule has 1 saturated heterocycles. The predicted molar refractivity (Wildman–Crippen MR) is 63.8 cm³/mol. The largest absolute Gasteiger partial charge is 0.369 e. The fraction of sp³-hybridized carbons (Fsp3) is 0.455. The maximum absolute atomic E-state index is 10.5. The summed E-state index contributed by atoms with van der Waals surface area (Å²) in [5.41, 5.74) is 1.63. The van der Waals surface area contributed by atoms with Crippen LogP contribution >= 0.6 is 11.8 Å². The van der Waals surface area contributed by atoms with E-state index in [1.807, 2.05) is 17.8 Å². The lowest BCUT2D eigenvalue weighted by atomic mass is 10.3. The number of carbonyl (C=O) groups is 1. The first-order valence-electron chi connectivity index (χ1n) is 5.14. The Morgan fingerprint density at radius 2 is 2.27 bits per heavy atom. The van der Waals surface area contributed by atoms with E-state index in [9.17, 15) is 4.79 Å². The van der Waals surface area contributed by atoms with Gasteiger partial charge in [0.2, 0.25) is 0 Å². The van der Waals surface area contributed by atoms with Crippen LogP contribution in [0.15, 0.2) is 18.3 Å². The summed E-state index contributed by atoms with van der Waals surface area (Å²) in [5.74, 6) is 2.42. The fourth-order valence-electron chi connectivity index (χ4n) is 1.66. The van der Waals surface area contributed by atoms with Gasteiger partial charge >= 0.3 is 0 Å². The number of hydrogen-bond donors (Lipinski definition) is 0. The highest BCUT2D eigenvalue weighted by Gasteiger charge is 2.09. The molecule has 0 aromatic carbocycles. The predicted octanol–water partition coefficient (Wildman–Crippen LogP) is 1.84. The van der Waals surface area contributed by atoms with E-state index in [4.69, 9.17) is 0 Å². The van der Waals surface area contributed by atoms with Crippen molar-refractivity contribution >= 4 is 23.7 Å². The van der Waals surface area contributed by atoms with E-state index in [0.29, 0.717) is 5.69 Å². The normalized spacial score (nSPS) is 17.2. The number of pyridine rings is 1. The van der Waals surface area contributed by atoms with Gasteiger partial charge in [0, 0.05) is 18.8 Å². The molecule has 0 N–H and O–H groups in total. The Morgan fingerprint density at radius 1 is 1.33 bits per heavy atom. The van der Waals surface area contributed by atoms with E-state index < -0.39 is 0 Å². The molecule has 2 rings (SSSR count). The standard InChI is InChI=1S/C11H14N2OS/c14-9-10-2-3-11(8-12-10)13-4-1-6-15-7-5-13/h2-3,8-9H,1,4-7H2. The highest BCUT2D eigenvalue weighted by molar-refractivity contribution is 7.99. The zero-order chi connectivity index (χ0) is 10.5. The maximum Gasteiger partial charge on any atom is 0.168 e. The zero-order valence-corrected chi connectivity index (χ0v) is 9.37. The number of carbonyl (C=O) groups excluding carboxylic acids is 1. The Kier molecular flexibility index (Phi) is 3.61. The number of anilines is 1. The summed E-state index contributed by atoms with van der Waals surface area (Å²) in [6.07, 6.45) is 3.79. The minimum absolute atomic E-state index is 0.503. The molecule has 80 valence electrons. The van der Waals surface area contributed by atoms with Gasteiger partial charge in [0.15, 0.2) is 6.29 Å². The highest BCUT2D eigenvalue weighted by Crippen LogP contribution is 2.17. The third-order valence-corrected chi connectivity index (χ3v) is 3.53. The fourth-order valence-corrected chi connectivity index (χ4v) is 2.55. The summed E-state index contributed by atoms with van der Waals surface area (Å²) in [7, 11) is 0. The Bertz CT molecular complexity index is 318. The smallest absolute Gasteiger partial charge is 0.168 e. The van der Waals surface area contributed by atoms with E-state index >= 15 is 0 Å². The lowest BCUT2D eigenvalue weighted by molar-refractivity contribution is 0.111. The number of aldehydes is 1. The van der Waals surface area contributed by atoms with Gasteiger partial charge in [-0.2, -0.15) is 11.8 Å². The molecule has 4 heteroatoms. The molecular weight excluding hydrogens is 208 g/mol. The molecule has 0 bridgehead atoms. The molecule has 3 nitrogen and oxygen atoms in total. The molecule has 0 spiro atoms. The van der Waals surface area contributed by atoms with Gasteiger partial charge in [0.1, 0.15) is 5.69 Å². The minimum atomic E-state index is 0.503. The van der Waals surface area contributed by atoms with Crippen LogP contribution in [0, 0.1) is 0 Å². The van der Waals surface area contributed by atoms with E-state index in [2.05, 4.69) is 9.88 Å². The van der Waals surface area contributed by atoms with Gasteiger partial charge in [-0.15, -0.1) is 0 Å². The maximum atomic E-state index is 10.5. The van der Waals surface area contributed by atoms with Gasteiger partial charge in [-0.25, -0.2) is 0 Å². The number of nitrogens with zero attached hydrogens (tertiary/aromatic N) is 2. The van der Waals surface area contributed by atoms with Crippen molar-refractivity contribution in [1.82, 2.24) is 4.98 Å². The first-order valence-corrected chi connectivity index (χ1v) is 6.29. The third kappa shape index (κ3) is 2.72. The van der Waals surface area contributed by atoms with Crippen molar-refractivity contribution in [3.05, 3.63) is 24.0 Å². The van der Waals surface area contributed by atoms with Crippen molar-refractivity contribution < 1.29 is 4.79 Å². The summed E-state index contributed by atoms with van der Waals surface area (Å²) < 4.78 is 0. The lowest BCUT2D eigenvalue weighted by Gasteiger charge is -2.21. The highest BCUT2D eigenvalue weighted by atomic mass is 32.2. The van der Waals surface area contributed by atoms with Gasteiger partial charge in [-0.3, -0.25) is 9.78 Å².